The van der Waals surface area contributed by atoms with Gasteiger partial charge in [0.25, 0.3) is 0 Å². The number of carbonyl (C=O) groups is 1. The van der Waals surface area contributed by atoms with Crippen LogP contribution in [0.15, 0.2) is 24.3 Å². The molecule has 0 spiro atoms. The van der Waals surface area contributed by atoms with E-state index in [0.29, 0.717) is 5.56 Å². The molecule has 0 aliphatic carbocycles. The van der Waals surface area contributed by atoms with Crippen LogP contribution in [0.4, 0.5) is 8.78 Å². The number of rotatable bonds is 5. The van der Waals surface area contributed by atoms with Crippen molar-refractivity contribution in [1.29, 1.82) is 0 Å². The average Bonchev–Trinajstić information content (AvgIpc) is 2.20. The summed E-state index contributed by atoms with van der Waals surface area (Å²) in [5.74, 6) is -1.07. The molecule has 0 fully saturated rings. The zero-order valence-electron chi connectivity index (χ0n) is 8.68. The highest BCUT2D eigenvalue weighted by molar-refractivity contribution is 5.85. The molecule has 1 rings (SSSR count). The number of alkyl halides is 2. The van der Waals surface area contributed by atoms with E-state index >= 15 is 0 Å². The third-order valence-electron chi connectivity index (χ3n) is 1.92. The summed E-state index contributed by atoms with van der Waals surface area (Å²) in [6.45, 7) is -2.87. The van der Waals surface area contributed by atoms with Gasteiger partial charge in [-0.1, -0.05) is 12.1 Å². The van der Waals surface area contributed by atoms with Crippen LogP contribution in [0.1, 0.15) is 5.56 Å². The van der Waals surface area contributed by atoms with Gasteiger partial charge in [0, 0.05) is 0 Å². The van der Waals surface area contributed by atoms with E-state index in [1.54, 1.807) is 0 Å². The lowest BCUT2D eigenvalue weighted by atomic mass is 10.1. The van der Waals surface area contributed by atoms with Gasteiger partial charge in [0.05, 0.1) is 0 Å². The largest absolute Gasteiger partial charge is 0.480 e. The molecule has 4 nitrogen and oxygen atoms in total. The first-order valence-corrected chi connectivity index (χ1v) is 4.51. The second-order valence-electron chi connectivity index (χ2n) is 3.17. The fraction of sp³-hybridized carbons (Fsp3) is 0.300. The summed E-state index contributed by atoms with van der Waals surface area (Å²) in [5.41, 5.74) is 5.97. The molecule has 0 saturated carbocycles. The van der Waals surface area contributed by atoms with Crippen LogP contribution in [0, 0.1) is 0 Å². The van der Waals surface area contributed by atoms with E-state index in [-0.39, 0.29) is 24.6 Å². The Morgan fingerprint density at radius 3 is 2.29 bits per heavy atom. The van der Waals surface area contributed by atoms with Gasteiger partial charge in [0.15, 0.2) is 0 Å². The maximum absolute atomic E-state index is 11.8. The zero-order valence-corrected chi connectivity index (χ0v) is 9.49. The molecule has 17 heavy (non-hydrogen) atoms. The van der Waals surface area contributed by atoms with E-state index in [1.165, 1.54) is 24.3 Å². The van der Waals surface area contributed by atoms with Crippen molar-refractivity contribution in [2.75, 3.05) is 0 Å². The highest BCUT2D eigenvalue weighted by Crippen LogP contribution is 2.15. The van der Waals surface area contributed by atoms with Gasteiger partial charge in [0.1, 0.15) is 11.8 Å². The van der Waals surface area contributed by atoms with Gasteiger partial charge in [-0.25, -0.2) is 0 Å². The van der Waals surface area contributed by atoms with Crippen molar-refractivity contribution in [3.05, 3.63) is 29.8 Å². The standard InChI is InChI=1S/C10H11F2NO3.ClH/c11-10(12)16-7-3-1-6(2-4-7)5-8(13)9(14)15;/h1-4,8,10H,5,13H2,(H,14,15);1H. The Labute approximate surface area is 103 Å². The number of carboxylic acids is 1. The molecule has 0 heterocycles. The first-order chi connectivity index (χ1) is 7.49. The molecule has 0 aliphatic heterocycles. The molecule has 96 valence electrons. The van der Waals surface area contributed by atoms with Crippen molar-refractivity contribution < 1.29 is 23.4 Å². The van der Waals surface area contributed by atoms with Crippen molar-refractivity contribution in [3.8, 4) is 5.75 Å². The molecule has 7 heteroatoms. The second-order valence-corrected chi connectivity index (χ2v) is 3.17. The maximum Gasteiger partial charge on any atom is 0.387 e. The second kappa shape index (κ2) is 7.03. The molecule has 1 aromatic carbocycles. The van der Waals surface area contributed by atoms with Gasteiger partial charge in [-0.05, 0) is 24.1 Å². The first kappa shape index (κ1) is 15.6. The molecule has 0 amide bonds. The van der Waals surface area contributed by atoms with Crippen molar-refractivity contribution in [2.45, 2.75) is 19.1 Å². The summed E-state index contributed by atoms with van der Waals surface area (Å²) in [6.07, 6.45) is 0.143. The molecular formula is C10H12ClF2NO3. The van der Waals surface area contributed by atoms with Gasteiger partial charge < -0.3 is 15.6 Å². The van der Waals surface area contributed by atoms with Crippen LogP contribution in [0.2, 0.25) is 0 Å². The molecule has 0 aromatic heterocycles. The van der Waals surface area contributed by atoms with Crippen LogP contribution in [-0.2, 0) is 11.2 Å². The summed E-state index contributed by atoms with van der Waals surface area (Å²) >= 11 is 0. The minimum atomic E-state index is -2.87. The van der Waals surface area contributed by atoms with Crippen LogP contribution in [-0.4, -0.2) is 23.7 Å². The van der Waals surface area contributed by atoms with Gasteiger partial charge in [-0.2, -0.15) is 8.78 Å². The Morgan fingerprint density at radius 1 is 1.35 bits per heavy atom. The SMILES string of the molecule is Cl.NC(Cc1ccc(OC(F)F)cc1)C(=O)O. The average molecular weight is 268 g/mol. The fourth-order valence-corrected chi connectivity index (χ4v) is 1.15. The summed E-state index contributed by atoms with van der Waals surface area (Å²) in [5, 5.41) is 8.57. The number of carboxylic acid groups (broad SMARTS) is 1. The summed E-state index contributed by atoms with van der Waals surface area (Å²) < 4.78 is 27.8. The van der Waals surface area contributed by atoms with Gasteiger partial charge in [0.2, 0.25) is 0 Å². The Bertz CT molecular complexity index is 359. The predicted octanol–water partition coefficient (Wildman–Crippen LogP) is 1.66. The van der Waals surface area contributed by atoms with E-state index in [1.807, 2.05) is 0 Å². The maximum atomic E-state index is 11.8. The fourth-order valence-electron chi connectivity index (χ4n) is 1.15. The Kier molecular flexibility index (Phi) is 6.45. The molecule has 0 aliphatic rings. The Morgan fingerprint density at radius 2 is 1.88 bits per heavy atom. The summed E-state index contributed by atoms with van der Waals surface area (Å²) in [6, 6.07) is 4.69. The molecule has 1 atom stereocenters. The van der Waals surface area contributed by atoms with Gasteiger partial charge in [-0.15, -0.1) is 12.4 Å². The van der Waals surface area contributed by atoms with E-state index in [2.05, 4.69) is 4.74 Å². The van der Waals surface area contributed by atoms with E-state index in [9.17, 15) is 13.6 Å². The Hall–Kier alpha value is -1.40. The number of hydrogen-bond donors (Lipinski definition) is 2. The molecular weight excluding hydrogens is 256 g/mol. The summed E-state index contributed by atoms with van der Waals surface area (Å²) in [7, 11) is 0. The third kappa shape index (κ3) is 5.46. The van der Waals surface area contributed by atoms with Crippen molar-refractivity contribution in [1.82, 2.24) is 0 Å². The zero-order chi connectivity index (χ0) is 12.1. The van der Waals surface area contributed by atoms with Crippen molar-refractivity contribution in [3.63, 3.8) is 0 Å². The van der Waals surface area contributed by atoms with Crippen molar-refractivity contribution in [2.24, 2.45) is 5.73 Å². The number of halogens is 3. The van der Waals surface area contributed by atoms with Crippen LogP contribution in [0.3, 0.4) is 0 Å². The molecule has 0 bridgehead atoms. The molecule has 1 unspecified atom stereocenters. The van der Waals surface area contributed by atoms with Crippen LogP contribution >= 0.6 is 12.4 Å². The monoisotopic (exact) mass is 267 g/mol. The number of nitrogens with two attached hydrogens (primary N) is 1. The van der Waals surface area contributed by atoms with Gasteiger partial charge in [-0.3, -0.25) is 4.79 Å². The number of aliphatic carboxylic acids is 1. The lowest BCUT2D eigenvalue weighted by Crippen LogP contribution is -2.32. The van der Waals surface area contributed by atoms with E-state index in [4.69, 9.17) is 10.8 Å². The van der Waals surface area contributed by atoms with E-state index < -0.39 is 18.6 Å². The molecule has 3 N–H and O–H groups in total. The molecule has 1 aromatic rings. The Balaban J connectivity index is 0.00000256. The highest BCUT2D eigenvalue weighted by Gasteiger charge is 2.12. The van der Waals surface area contributed by atoms with Crippen molar-refractivity contribution >= 4 is 18.4 Å². The van der Waals surface area contributed by atoms with Gasteiger partial charge >= 0.3 is 12.6 Å². The topological polar surface area (TPSA) is 72.5 Å². The lowest BCUT2D eigenvalue weighted by Gasteiger charge is -2.08. The quantitative estimate of drug-likeness (QED) is 0.851. The first-order valence-electron chi connectivity index (χ1n) is 4.51. The smallest absolute Gasteiger partial charge is 0.387 e. The minimum absolute atomic E-state index is 0. The third-order valence-corrected chi connectivity index (χ3v) is 1.92. The number of ether oxygens (including phenoxy) is 1. The molecule has 0 saturated heterocycles. The van der Waals surface area contributed by atoms with Crippen LogP contribution in [0.25, 0.3) is 0 Å². The molecule has 0 radical (unpaired) electrons. The minimum Gasteiger partial charge on any atom is -0.480 e. The van der Waals surface area contributed by atoms with Crippen LogP contribution < -0.4 is 10.5 Å². The number of benzene rings is 1. The number of hydrogen-bond acceptors (Lipinski definition) is 3. The predicted molar refractivity (Wildman–Crippen MR) is 59.6 cm³/mol. The van der Waals surface area contributed by atoms with Crippen LogP contribution in [0.5, 0.6) is 5.75 Å². The highest BCUT2D eigenvalue weighted by atomic mass is 35.5. The normalized spacial score (nSPS) is 11.8. The lowest BCUT2D eigenvalue weighted by molar-refractivity contribution is -0.138. The summed E-state index contributed by atoms with van der Waals surface area (Å²) in [4.78, 5) is 10.5. The van der Waals surface area contributed by atoms with E-state index in [0.717, 1.165) is 0 Å².